The maximum absolute atomic E-state index is 11.8. The molecule has 1 fully saturated rings. The van der Waals surface area contributed by atoms with Gasteiger partial charge in [-0.15, -0.1) is 0 Å². The zero-order valence-electron chi connectivity index (χ0n) is 10.8. The van der Waals surface area contributed by atoms with E-state index in [1.165, 1.54) is 4.90 Å². The monoisotopic (exact) mass is 241 g/mol. The molecule has 0 aromatic heterocycles. The third kappa shape index (κ3) is 4.00. The van der Waals surface area contributed by atoms with Gasteiger partial charge in [0.1, 0.15) is 6.04 Å². The van der Waals surface area contributed by atoms with Crippen LogP contribution in [-0.4, -0.2) is 42.5 Å². The van der Waals surface area contributed by atoms with E-state index in [0.717, 1.165) is 38.8 Å². The van der Waals surface area contributed by atoms with Crippen LogP contribution < -0.4 is 10.6 Å². The minimum atomic E-state index is -0.295. The number of urea groups is 1. The summed E-state index contributed by atoms with van der Waals surface area (Å²) in [6.45, 7) is 6.47. The maximum Gasteiger partial charge on any atom is 0.324 e. The zero-order valence-corrected chi connectivity index (χ0v) is 10.8. The Balaban J connectivity index is 2.28. The van der Waals surface area contributed by atoms with Crippen LogP contribution in [0.15, 0.2) is 0 Å². The molecule has 0 bridgehead atoms. The second kappa shape index (κ2) is 7.27. The van der Waals surface area contributed by atoms with E-state index in [9.17, 15) is 9.59 Å². The molecule has 5 heteroatoms. The molecular weight excluding hydrogens is 218 g/mol. The molecule has 2 N–H and O–H groups in total. The van der Waals surface area contributed by atoms with Gasteiger partial charge in [0.2, 0.25) is 0 Å². The third-order valence-corrected chi connectivity index (χ3v) is 2.85. The van der Waals surface area contributed by atoms with E-state index >= 15 is 0 Å². The van der Waals surface area contributed by atoms with Crippen molar-refractivity contribution in [3.05, 3.63) is 0 Å². The average molecular weight is 241 g/mol. The fourth-order valence-electron chi connectivity index (χ4n) is 1.94. The number of carbonyl (C=O) groups excluding carboxylic acids is 2. The third-order valence-electron chi connectivity index (χ3n) is 2.85. The van der Waals surface area contributed by atoms with Gasteiger partial charge in [0.15, 0.2) is 0 Å². The number of hydrogen-bond donors (Lipinski definition) is 2. The molecule has 1 saturated heterocycles. The largest absolute Gasteiger partial charge is 0.326 e. The van der Waals surface area contributed by atoms with Crippen molar-refractivity contribution in [2.45, 2.75) is 45.6 Å². The minimum Gasteiger partial charge on any atom is -0.326 e. The van der Waals surface area contributed by atoms with Crippen LogP contribution in [0.1, 0.15) is 39.5 Å². The molecule has 17 heavy (non-hydrogen) atoms. The topological polar surface area (TPSA) is 61.4 Å². The molecule has 1 rings (SSSR count). The highest BCUT2D eigenvalue weighted by Crippen LogP contribution is 2.11. The number of nitrogens with zero attached hydrogens (tertiary/aromatic N) is 1. The summed E-state index contributed by atoms with van der Waals surface area (Å²) in [5.74, 6) is -0.0626. The van der Waals surface area contributed by atoms with Crippen molar-refractivity contribution < 1.29 is 9.59 Å². The Morgan fingerprint density at radius 2 is 2.00 bits per heavy atom. The van der Waals surface area contributed by atoms with E-state index in [1.54, 1.807) is 0 Å². The van der Waals surface area contributed by atoms with E-state index in [1.807, 2.05) is 6.92 Å². The summed E-state index contributed by atoms with van der Waals surface area (Å²) in [5, 5.41) is 5.98. The quantitative estimate of drug-likeness (QED) is 0.494. The van der Waals surface area contributed by atoms with Crippen molar-refractivity contribution in [1.29, 1.82) is 0 Å². The molecule has 0 spiro atoms. The van der Waals surface area contributed by atoms with Crippen molar-refractivity contribution in [2.24, 2.45) is 0 Å². The molecule has 98 valence electrons. The second-order valence-corrected chi connectivity index (χ2v) is 4.38. The van der Waals surface area contributed by atoms with Crippen LogP contribution in [0.4, 0.5) is 4.79 Å². The van der Waals surface area contributed by atoms with Crippen molar-refractivity contribution in [3.8, 4) is 0 Å². The Kier molecular flexibility index (Phi) is 5.97. The zero-order chi connectivity index (χ0) is 12.7. The summed E-state index contributed by atoms with van der Waals surface area (Å²) < 4.78 is 0. The lowest BCUT2D eigenvalue weighted by Crippen LogP contribution is -2.34. The highest BCUT2D eigenvalue weighted by atomic mass is 16.2. The number of amides is 3. The summed E-state index contributed by atoms with van der Waals surface area (Å²) in [7, 11) is 0. The Hall–Kier alpha value is -1.10. The van der Waals surface area contributed by atoms with Gasteiger partial charge in [-0.05, 0) is 32.4 Å². The second-order valence-electron chi connectivity index (χ2n) is 4.38. The van der Waals surface area contributed by atoms with Crippen molar-refractivity contribution in [2.75, 3.05) is 19.6 Å². The van der Waals surface area contributed by atoms with Crippen LogP contribution >= 0.6 is 0 Å². The van der Waals surface area contributed by atoms with Gasteiger partial charge in [0, 0.05) is 6.54 Å². The SMILES string of the molecule is CCCNCCCN1C(=O)NC(CCC)C1=O. The molecule has 0 aliphatic carbocycles. The summed E-state index contributed by atoms with van der Waals surface area (Å²) in [5.41, 5.74) is 0. The van der Waals surface area contributed by atoms with Gasteiger partial charge in [-0.1, -0.05) is 20.3 Å². The number of hydrogen-bond acceptors (Lipinski definition) is 3. The fourth-order valence-corrected chi connectivity index (χ4v) is 1.94. The lowest BCUT2D eigenvalue weighted by atomic mass is 10.2. The standard InChI is InChI=1S/C12H23N3O2/c1-3-6-10-11(16)15(12(17)14-10)9-5-8-13-7-4-2/h10,13H,3-9H2,1-2H3,(H,14,17). The van der Waals surface area contributed by atoms with Gasteiger partial charge in [0.25, 0.3) is 5.91 Å². The molecule has 1 aliphatic rings. The Labute approximate surface area is 103 Å². The van der Waals surface area contributed by atoms with Gasteiger partial charge < -0.3 is 10.6 Å². The predicted octanol–water partition coefficient (Wildman–Crippen LogP) is 1.10. The fraction of sp³-hybridized carbons (Fsp3) is 0.833. The Morgan fingerprint density at radius 1 is 1.24 bits per heavy atom. The van der Waals surface area contributed by atoms with E-state index in [-0.39, 0.29) is 18.0 Å². The molecule has 0 saturated carbocycles. The maximum atomic E-state index is 11.8. The van der Waals surface area contributed by atoms with E-state index in [2.05, 4.69) is 17.6 Å². The molecule has 3 amide bonds. The molecule has 0 aromatic carbocycles. The van der Waals surface area contributed by atoms with E-state index in [0.29, 0.717) is 6.54 Å². The summed E-state index contributed by atoms with van der Waals surface area (Å²) in [4.78, 5) is 24.8. The first-order valence-electron chi connectivity index (χ1n) is 6.53. The molecule has 0 radical (unpaired) electrons. The molecule has 1 atom stereocenters. The number of carbonyl (C=O) groups is 2. The average Bonchev–Trinajstić information content (AvgIpc) is 2.56. The highest BCUT2D eigenvalue weighted by molar-refractivity contribution is 6.04. The first-order chi connectivity index (χ1) is 8.20. The first-order valence-corrected chi connectivity index (χ1v) is 6.53. The smallest absolute Gasteiger partial charge is 0.324 e. The Bertz CT molecular complexity index is 268. The minimum absolute atomic E-state index is 0.0626. The van der Waals surface area contributed by atoms with Crippen LogP contribution in [-0.2, 0) is 4.79 Å². The molecule has 1 aliphatic heterocycles. The van der Waals surface area contributed by atoms with Crippen molar-refractivity contribution in [1.82, 2.24) is 15.5 Å². The summed E-state index contributed by atoms with van der Waals surface area (Å²) in [6, 6.07) is -0.528. The summed E-state index contributed by atoms with van der Waals surface area (Å²) in [6.07, 6.45) is 3.55. The van der Waals surface area contributed by atoms with Gasteiger partial charge in [-0.25, -0.2) is 4.79 Å². The molecule has 1 heterocycles. The number of rotatable bonds is 8. The van der Waals surface area contributed by atoms with Crippen molar-refractivity contribution >= 4 is 11.9 Å². The lowest BCUT2D eigenvalue weighted by Gasteiger charge is -2.12. The highest BCUT2D eigenvalue weighted by Gasteiger charge is 2.36. The van der Waals surface area contributed by atoms with Crippen LogP contribution in [0.5, 0.6) is 0 Å². The molecular formula is C12H23N3O2. The van der Waals surface area contributed by atoms with Crippen molar-refractivity contribution in [3.63, 3.8) is 0 Å². The van der Waals surface area contributed by atoms with Gasteiger partial charge in [0.05, 0.1) is 0 Å². The van der Waals surface area contributed by atoms with Gasteiger partial charge in [-0.3, -0.25) is 9.69 Å². The van der Waals surface area contributed by atoms with E-state index < -0.39 is 0 Å². The molecule has 0 aromatic rings. The number of imide groups is 1. The van der Waals surface area contributed by atoms with Crippen LogP contribution in [0.2, 0.25) is 0 Å². The van der Waals surface area contributed by atoms with Gasteiger partial charge in [-0.2, -0.15) is 0 Å². The predicted molar refractivity (Wildman–Crippen MR) is 66.7 cm³/mol. The van der Waals surface area contributed by atoms with Crippen LogP contribution in [0.3, 0.4) is 0 Å². The molecule has 5 nitrogen and oxygen atoms in total. The van der Waals surface area contributed by atoms with E-state index in [4.69, 9.17) is 0 Å². The van der Waals surface area contributed by atoms with Crippen LogP contribution in [0, 0.1) is 0 Å². The van der Waals surface area contributed by atoms with Crippen LogP contribution in [0.25, 0.3) is 0 Å². The number of nitrogens with one attached hydrogen (secondary N) is 2. The Morgan fingerprint density at radius 3 is 2.65 bits per heavy atom. The summed E-state index contributed by atoms with van der Waals surface area (Å²) >= 11 is 0. The molecule has 1 unspecified atom stereocenters. The van der Waals surface area contributed by atoms with Gasteiger partial charge >= 0.3 is 6.03 Å². The normalized spacial score (nSPS) is 19.9. The lowest BCUT2D eigenvalue weighted by molar-refractivity contribution is -0.127. The first kappa shape index (κ1) is 14.0.